The lowest BCUT2D eigenvalue weighted by molar-refractivity contribution is -0.138. The van der Waals surface area contributed by atoms with E-state index in [2.05, 4.69) is 0 Å². The monoisotopic (exact) mass is 289 g/mol. The molecular weight excluding hydrogens is 275 g/mol. The van der Waals surface area contributed by atoms with Crippen LogP contribution in [0.5, 0.6) is 0 Å². The first-order chi connectivity index (χ1) is 9.21. The predicted molar refractivity (Wildman–Crippen MR) is 65.7 cm³/mol. The average Bonchev–Trinajstić information content (AvgIpc) is 2.47. The van der Waals surface area contributed by atoms with Crippen LogP contribution < -0.4 is 4.90 Å². The number of carboxylic acid groups (broad SMARTS) is 1. The molecule has 1 unspecified atom stereocenters. The Balaban J connectivity index is 2.65. The van der Waals surface area contributed by atoms with E-state index in [4.69, 9.17) is 5.11 Å². The standard InChI is InChI=1S/C13H14F3NO3/c1-7-5-8-10(6-9(7)13(14,15)16)17(12(19)20)4-2-3-11(8)18/h5-6,11,18H,2-4H2,1H3,(H,19,20). The molecule has 110 valence electrons. The molecule has 0 radical (unpaired) electrons. The Kier molecular flexibility index (Phi) is 3.64. The molecule has 0 fully saturated rings. The van der Waals surface area contributed by atoms with Crippen LogP contribution in [0.1, 0.15) is 35.6 Å². The van der Waals surface area contributed by atoms with Gasteiger partial charge in [-0.1, -0.05) is 6.07 Å². The minimum absolute atomic E-state index is 0.0254. The van der Waals surface area contributed by atoms with Crippen LogP contribution in [0.15, 0.2) is 12.1 Å². The van der Waals surface area contributed by atoms with Gasteiger partial charge in [-0.15, -0.1) is 0 Å². The lowest BCUT2D eigenvalue weighted by Gasteiger charge is -2.23. The van der Waals surface area contributed by atoms with Crippen molar-refractivity contribution in [2.45, 2.75) is 32.0 Å². The molecule has 4 nitrogen and oxygen atoms in total. The van der Waals surface area contributed by atoms with Gasteiger partial charge >= 0.3 is 12.3 Å². The number of hydrogen-bond donors (Lipinski definition) is 2. The van der Waals surface area contributed by atoms with Gasteiger partial charge in [0.15, 0.2) is 0 Å². The summed E-state index contributed by atoms with van der Waals surface area (Å²) in [5.41, 5.74) is -0.755. The molecule has 0 aromatic heterocycles. The molecule has 0 bridgehead atoms. The van der Waals surface area contributed by atoms with Crippen LogP contribution in [-0.2, 0) is 6.18 Å². The second-order valence-electron chi connectivity index (χ2n) is 4.82. The van der Waals surface area contributed by atoms with E-state index in [1.165, 1.54) is 13.0 Å². The van der Waals surface area contributed by atoms with E-state index in [0.29, 0.717) is 12.8 Å². The van der Waals surface area contributed by atoms with E-state index >= 15 is 0 Å². The number of fused-ring (bicyclic) bond motifs is 1. The van der Waals surface area contributed by atoms with Crippen molar-refractivity contribution in [3.63, 3.8) is 0 Å². The third-order valence-electron chi connectivity index (χ3n) is 3.42. The SMILES string of the molecule is Cc1cc2c(cc1C(F)(F)F)N(C(=O)O)CCCC2O. The van der Waals surface area contributed by atoms with Gasteiger partial charge in [-0.05, 0) is 31.4 Å². The highest BCUT2D eigenvalue weighted by molar-refractivity contribution is 5.87. The summed E-state index contributed by atoms with van der Waals surface area (Å²) in [6.07, 6.45) is -6.11. The Hall–Kier alpha value is -1.76. The number of carbonyl (C=O) groups is 1. The van der Waals surface area contributed by atoms with Crippen molar-refractivity contribution < 1.29 is 28.2 Å². The zero-order valence-electron chi connectivity index (χ0n) is 10.7. The van der Waals surface area contributed by atoms with Crippen LogP contribution in [0.25, 0.3) is 0 Å². The van der Waals surface area contributed by atoms with Gasteiger partial charge in [-0.2, -0.15) is 13.2 Å². The highest BCUT2D eigenvalue weighted by Crippen LogP contribution is 2.40. The van der Waals surface area contributed by atoms with E-state index in [1.54, 1.807) is 0 Å². The van der Waals surface area contributed by atoms with Crippen LogP contribution in [0, 0.1) is 6.92 Å². The maximum Gasteiger partial charge on any atom is 0.416 e. The normalized spacial score (nSPS) is 19.4. The highest BCUT2D eigenvalue weighted by atomic mass is 19.4. The minimum Gasteiger partial charge on any atom is -0.465 e. The Labute approximate surface area is 113 Å². The summed E-state index contributed by atoms with van der Waals surface area (Å²) < 4.78 is 38.8. The van der Waals surface area contributed by atoms with Gasteiger partial charge in [-0.25, -0.2) is 4.79 Å². The van der Waals surface area contributed by atoms with Gasteiger partial charge in [0.25, 0.3) is 0 Å². The first-order valence-corrected chi connectivity index (χ1v) is 6.12. The number of rotatable bonds is 0. The number of benzene rings is 1. The van der Waals surface area contributed by atoms with Crippen molar-refractivity contribution >= 4 is 11.8 Å². The zero-order valence-corrected chi connectivity index (χ0v) is 10.7. The number of nitrogens with zero attached hydrogens (tertiary/aromatic N) is 1. The summed E-state index contributed by atoms with van der Waals surface area (Å²) in [6.45, 7) is 1.37. The molecular formula is C13H14F3NO3. The molecule has 0 saturated heterocycles. The Bertz CT molecular complexity index is 542. The number of halogens is 3. The summed E-state index contributed by atoms with van der Waals surface area (Å²) in [4.78, 5) is 12.0. The van der Waals surface area contributed by atoms with Crippen molar-refractivity contribution in [2.75, 3.05) is 11.4 Å². The molecule has 1 aliphatic heterocycles. The summed E-state index contributed by atoms with van der Waals surface area (Å²) in [5, 5.41) is 19.1. The van der Waals surface area contributed by atoms with E-state index in [1.807, 2.05) is 0 Å². The molecule has 0 saturated carbocycles. The van der Waals surface area contributed by atoms with Gasteiger partial charge in [-0.3, -0.25) is 4.90 Å². The Morgan fingerprint density at radius 3 is 2.60 bits per heavy atom. The Morgan fingerprint density at radius 2 is 2.05 bits per heavy atom. The Morgan fingerprint density at radius 1 is 1.40 bits per heavy atom. The quantitative estimate of drug-likeness (QED) is 0.770. The van der Waals surface area contributed by atoms with Crippen LogP contribution in [-0.4, -0.2) is 22.9 Å². The van der Waals surface area contributed by atoms with Crippen molar-refractivity contribution in [3.05, 3.63) is 28.8 Å². The first kappa shape index (κ1) is 14.6. The van der Waals surface area contributed by atoms with Crippen LogP contribution in [0.3, 0.4) is 0 Å². The molecule has 1 aliphatic rings. The topological polar surface area (TPSA) is 60.8 Å². The first-order valence-electron chi connectivity index (χ1n) is 6.12. The number of alkyl halides is 3. The second-order valence-corrected chi connectivity index (χ2v) is 4.82. The van der Waals surface area contributed by atoms with Gasteiger partial charge in [0.1, 0.15) is 0 Å². The lowest BCUT2D eigenvalue weighted by atomic mass is 9.98. The number of anilines is 1. The molecule has 1 atom stereocenters. The molecule has 0 spiro atoms. The maximum atomic E-state index is 12.9. The zero-order chi connectivity index (χ0) is 15.1. The van der Waals surface area contributed by atoms with E-state index in [9.17, 15) is 23.1 Å². The van der Waals surface area contributed by atoms with Crippen molar-refractivity contribution in [2.24, 2.45) is 0 Å². The fraction of sp³-hybridized carbons (Fsp3) is 0.462. The van der Waals surface area contributed by atoms with Gasteiger partial charge in [0, 0.05) is 12.1 Å². The average molecular weight is 289 g/mol. The third kappa shape index (κ3) is 2.58. The minimum atomic E-state index is -4.56. The molecule has 7 heteroatoms. The molecule has 2 rings (SSSR count). The molecule has 1 aromatic carbocycles. The molecule has 1 amide bonds. The number of aliphatic hydroxyl groups excluding tert-OH is 1. The molecule has 1 aromatic rings. The number of aryl methyl sites for hydroxylation is 1. The third-order valence-corrected chi connectivity index (χ3v) is 3.42. The second kappa shape index (κ2) is 4.97. The maximum absolute atomic E-state index is 12.9. The molecule has 0 aliphatic carbocycles. The summed E-state index contributed by atoms with van der Waals surface area (Å²) in [6, 6.07) is 2.04. The molecule has 1 heterocycles. The van der Waals surface area contributed by atoms with Crippen molar-refractivity contribution in [1.82, 2.24) is 0 Å². The smallest absolute Gasteiger partial charge is 0.416 e. The van der Waals surface area contributed by atoms with Crippen molar-refractivity contribution in [1.29, 1.82) is 0 Å². The summed E-state index contributed by atoms with van der Waals surface area (Å²) in [5.74, 6) is 0. The predicted octanol–water partition coefficient (Wildman–Crippen LogP) is 3.33. The van der Waals surface area contributed by atoms with Crippen LogP contribution >= 0.6 is 0 Å². The van der Waals surface area contributed by atoms with Crippen LogP contribution in [0.2, 0.25) is 0 Å². The number of amides is 1. The fourth-order valence-corrected chi connectivity index (χ4v) is 2.44. The molecule has 2 N–H and O–H groups in total. The largest absolute Gasteiger partial charge is 0.465 e. The number of aliphatic hydroxyl groups is 1. The van der Waals surface area contributed by atoms with Gasteiger partial charge in [0.05, 0.1) is 17.4 Å². The molecule has 20 heavy (non-hydrogen) atoms. The van der Waals surface area contributed by atoms with Gasteiger partial charge in [0.2, 0.25) is 0 Å². The fourth-order valence-electron chi connectivity index (χ4n) is 2.44. The lowest BCUT2D eigenvalue weighted by Crippen LogP contribution is -2.30. The van der Waals surface area contributed by atoms with Gasteiger partial charge < -0.3 is 10.2 Å². The van der Waals surface area contributed by atoms with Crippen LogP contribution in [0.4, 0.5) is 23.7 Å². The summed E-state index contributed by atoms with van der Waals surface area (Å²) >= 11 is 0. The van der Waals surface area contributed by atoms with Crippen molar-refractivity contribution in [3.8, 4) is 0 Å². The highest BCUT2D eigenvalue weighted by Gasteiger charge is 2.35. The summed E-state index contributed by atoms with van der Waals surface area (Å²) in [7, 11) is 0. The number of hydrogen-bond acceptors (Lipinski definition) is 2. The van der Waals surface area contributed by atoms with E-state index < -0.39 is 23.9 Å². The van der Waals surface area contributed by atoms with E-state index in [-0.39, 0.29) is 23.4 Å². The van der Waals surface area contributed by atoms with E-state index in [0.717, 1.165) is 11.0 Å².